The van der Waals surface area contributed by atoms with Crippen molar-refractivity contribution in [1.82, 2.24) is 10.6 Å². The number of carbonyl (C=O) groups is 1. The summed E-state index contributed by atoms with van der Waals surface area (Å²) in [6.07, 6.45) is 0. The Hall–Kier alpha value is -0.870. The van der Waals surface area contributed by atoms with Gasteiger partial charge in [0, 0.05) is 16.9 Å². The third-order valence-corrected chi connectivity index (χ3v) is 3.78. The van der Waals surface area contributed by atoms with Crippen LogP contribution in [0.3, 0.4) is 0 Å². The summed E-state index contributed by atoms with van der Waals surface area (Å²) < 4.78 is 1.04. The molecule has 1 aliphatic rings. The zero-order chi connectivity index (χ0) is 12.3. The number of carbonyl (C=O) groups excluding carboxylic acids is 1. The maximum atomic E-state index is 11.9. The van der Waals surface area contributed by atoms with E-state index >= 15 is 0 Å². The van der Waals surface area contributed by atoms with Crippen LogP contribution in [0, 0.1) is 11.8 Å². The number of benzene rings is 1. The van der Waals surface area contributed by atoms with Gasteiger partial charge in [0.05, 0.1) is 0 Å². The van der Waals surface area contributed by atoms with E-state index < -0.39 is 0 Å². The molecule has 17 heavy (non-hydrogen) atoms. The minimum absolute atomic E-state index is 0.100. The van der Waals surface area contributed by atoms with Crippen LogP contribution in [0.5, 0.6) is 0 Å². The summed E-state index contributed by atoms with van der Waals surface area (Å²) in [5.74, 6) is 0.748. The van der Waals surface area contributed by atoms with E-state index in [2.05, 4.69) is 26.6 Å². The summed E-state index contributed by atoms with van der Waals surface area (Å²) in [6.45, 7) is 4.53. The Labute approximate surface area is 110 Å². The SMILES string of the molecule is CC(C(=O)NCc1cccc(Br)c1)C1CNC1. The molecule has 0 saturated carbocycles. The van der Waals surface area contributed by atoms with Crippen molar-refractivity contribution in [3.8, 4) is 0 Å². The fraction of sp³-hybridized carbons (Fsp3) is 0.462. The topological polar surface area (TPSA) is 41.1 Å². The monoisotopic (exact) mass is 296 g/mol. The van der Waals surface area contributed by atoms with Crippen molar-refractivity contribution in [3.05, 3.63) is 34.3 Å². The molecule has 1 atom stereocenters. The standard InChI is InChI=1S/C13H17BrN2O/c1-9(11-7-15-8-11)13(17)16-6-10-3-2-4-12(14)5-10/h2-5,9,11,15H,6-8H2,1H3,(H,16,17). The van der Waals surface area contributed by atoms with Gasteiger partial charge in [0.15, 0.2) is 0 Å². The van der Waals surface area contributed by atoms with Gasteiger partial charge in [-0.15, -0.1) is 0 Å². The Morgan fingerprint density at radius 3 is 2.94 bits per heavy atom. The molecule has 1 saturated heterocycles. The molecular weight excluding hydrogens is 280 g/mol. The second-order valence-electron chi connectivity index (χ2n) is 4.55. The minimum atomic E-state index is 0.100. The van der Waals surface area contributed by atoms with Gasteiger partial charge in [-0.2, -0.15) is 0 Å². The highest BCUT2D eigenvalue weighted by atomic mass is 79.9. The molecule has 92 valence electrons. The van der Waals surface area contributed by atoms with Gasteiger partial charge in [-0.25, -0.2) is 0 Å². The third-order valence-electron chi connectivity index (χ3n) is 3.29. The molecule has 3 nitrogen and oxygen atoms in total. The molecule has 1 amide bonds. The van der Waals surface area contributed by atoms with Crippen molar-refractivity contribution in [2.24, 2.45) is 11.8 Å². The first kappa shape index (κ1) is 12.6. The van der Waals surface area contributed by atoms with Crippen LogP contribution in [0.4, 0.5) is 0 Å². The lowest BCUT2D eigenvalue weighted by Gasteiger charge is -2.31. The average Bonchev–Trinajstić information content (AvgIpc) is 2.23. The fourth-order valence-corrected chi connectivity index (χ4v) is 2.32. The second kappa shape index (κ2) is 5.65. The summed E-state index contributed by atoms with van der Waals surface area (Å²) in [4.78, 5) is 11.9. The highest BCUT2D eigenvalue weighted by Crippen LogP contribution is 2.16. The highest BCUT2D eigenvalue weighted by Gasteiger charge is 2.28. The van der Waals surface area contributed by atoms with E-state index in [9.17, 15) is 4.79 Å². The molecule has 1 fully saturated rings. The summed E-state index contributed by atoms with van der Waals surface area (Å²) in [6, 6.07) is 8.00. The molecule has 0 radical (unpaired) electrons. The van der Waals surface area contributed by atoms with Gasteiger partial charge in [0.1, 0.15) is 0 Å². The van der Waals surface area contributed by atoms with Crippen LogP contribution in [0.15, 0.2) is 28.7 Å². The molecule has 1 unspecified atom stereocenters. The summed E-state index contributed by atoms with van der Waals surface area (Å²) in [5.41, 5.74) is 1.12. The van der Waals surface area contributed by atoms with E-state index in [1.54, 1.807) is 0 Å². The van der Waals surface area contributed by atoms with E-state index in [0.29, 0.717) is 12.5 Å². The van der Waals surface area contributed by atoms with Gasteiger partial charge in [0.2, 0.25) is 5.91 Å². The van der Waals surface area contributed by atoms with Crippen molar-refractivity contribution in [2.45, 2.75) is 13.5 Å². The highest BCUT2D eigenvalue weighted by molar-refractivity contribution is 9.10. The van der Waals surface area contributed by atoms with Gasteiger partial charge in [-0.05, 0) is 36.7 Å². The summed E-state index contributed by atoms with van der Waals surface area (Å²) in [5, 5.41) is 6.18. The van der Waals surface area contributed by atoms with E-state index in [4.69, 9.17) is 0 Å². The number of amides is 1. The van der Waals surface area contributed by atoms with Gasteiger partial charge in [-0.3, -0.25) is 4.79 Å². The minimum Gasteiger partial charge on any atom is -0.352 e. The Bertz CT molecular complexity index is 404. The van der Waals surface area contributed by atoms with Crippen LogP contribution < -0.4 is 10.6 Å². The van der Waals surface area contributed by atoms with E-state index in [1.807, 2.05) is 31.2 Å². The normalized spacial score (nSPS) is 17.3. The molecule has 2 N–H and O–H groups in total. The lowest BCUT2D eigenvalue weighted by Crippen LogP contribution is -2.49. The lowest BCUT2D eigenvalue weighted by atomic mass is 9.88. The predicted octanol–water partition coefficient (Wildman–Crippen LogP) is 1.92. The van der Waals surface area contributed by atoms with Gasteiger partial charge < -0.3 is 10.6 Å². The maximum absolute atomic E-state index is 11.9. The molecule has 0 aliphatic carbocycles. The Morgan fingerprint density at radius 1 is 1.59 bits per heavy atom. The molecule has 2 rings (SSSR count). The quantitative estimate of drug-likeness (QED) is 0.891. The van der Waals surface area contributed by atoms with E-state index in [-0.39, 0.29) is 11.8 Å². The summed E-state index contributed by atoms with van der Waals surface area (Å²) >= 11 is 3.42. The second-order valence-corrected chi connectivity index (χ2v) is 5.47. The van der Waals surface area contributed by atoms with Crippen LogP contribution in [-0.2, 0) is 11.3 Å². The van der Waals surface area contributed by atoms with E-state index in [0.717, 1.165) is 23.1 Å². The first-order valence-electron chi connectivity index (χ1n) is 5.89. The van der Waals surface area contributed by atoms with Crippen LogP contribution in [0.1, 0.15) is 12.5 Å². The first-order chi connectivity index (χ1) is 8.16. The van der Waals surface area contributed by atoms with Gasteiger partial charge >= 0.3 is 0 Å². The Kier molecular flexibility index (Phi) is 4.18. The summed E-state index contributed by atoms with van der Waals surface area (Å²) in [7, 11) is 0. The number of halogens is 1. The molecule has 1 heterocycles. The maximum Gasteiger partial charge on any atom is 0.223 e. The number of hydrogen-bond donors (Lipinski definition) is 2. The average molecular weight is 297 g/mol. The van der Waals surface area contributed by atoms with Gasteiger partial charge in [-0.1, -0.05) is 35.0 Å². The van der Waals surface area contributed by atoms with Crippen LogP contribution in [0.25, 0.3) is 0 Å². The number of rotatable bonds is 4. The zero-order valence-electron chi connectivity index (χ0n) is 9.87. The van der Waals surface area contributed by atoms with Crippen molar-refractivity contribution in [3.63, 3.8) is 0 Å². The van der Waals surface area contributed by atoms with Crippen molar-refractivity contribution < 1.29 is 4.79 Å². The first-order valence-corrected chi connectivity index (χ1v) is 6.69. The third kappa shape index (κ3) is 3.30. The molecule has 0 aromatic heterocycles. The Morgan fingerprint density at radius 2 is 2.35 bits per heavy atom. The molecular formula is C13H17BrN2O. The molecule has 1 aromatic carbocycles. The zero-order valence-corrected chi connectivity index (χ0v) is 11.5. The molecule has 0 spiro atoms. The molecule has 0 bridgehead atoms. The smallest absolute Gasteiger partial charge is 0.223 e. The van der Waals surface area contributed by atoms with Crippen molar-refractivity contribution in [1.29, 1.82) is 0 Å². The molecule has 1 aromatic rings. The number of nitrogens with one attached hydrogen (secondary N) is 2. The predicted molar refractivity (Wildman–Crippen MR) is 71.5 cm³/mol. The molecule has 4 heteroatoms. The number of hydrogen-bond acceptors (Lipinski definition) is 2. The van der Waals surface area contributed by atoms with Crippen LogP contribution >= 0.6 is 15.9 Å². The van der Waals surface area contributed by atoms with Gasteiger partial charge in [0.25, 0.3) is 0 Å². The lowest BCUT2D eigenvalue weighted by molar-refractivity contribution is -0.126. The Balaban J connectivity index is 1.83. The van der Waals surface area contributed by atoms with Crippen LogP contribution in [0.2, 0.25) is 0 Å². The molecule has 1 aliphatic heterocycles. The van der Waals surface area contributed by atoms with Crippen molar-refractivity contribution in [2.75, 3.05) is 13.1 Å². The van der Waals surface area contributed by atoms with Crippen molar-refractivity contribution >= 4 is 21.8 Å². The van der Waals surface area contributed by atoms with E-state index in [1.165, 1.54) is 0 Å². The fourth-order valence-electron chi connectivity index (χ4n) is 1.88. The van der Waals surface area contributed by atoms with Crippen LogP contribution in [-0.4, -0.2) is 19.0 Å². The largest absolute Gasteiger partial charge is 0.352 e.